The third kappa shape index (κ3) is 5.65. The van der Waals surface area contributed by atoms with E-state index in [9.17, 15) is 13.8 Å². The molecular weight excluding hydrogens is 502 g/mol. The number of anilines is 2. The van der Waals surface area contributed by atoms with Crippen LogP contribution in [0.5, 0.6) is 5.75 Å². The van der Waals surface area contributed by atoms with Crippen molar-refractivity contribution < 1.29 is 18.5 Å². The van der Waals surface area contributed by atoms with Crippen molar-refractivity contribution in [3.8, 4) is 5.75 Å². The zero-order valence-corrected chi connectivity index (χ0v) is 21.7. The van der Waals surface area contributed by atoms with E-state index in [2.05, 4.69) is 19.6 Å². The molecule has 0 radical (unpaired) electrons. The standard InChI is InChI=1S/C28H27N5O4S/c1-2-26(34)37-24-17-23(18-29-19-24)32-13-15-33(16-14-32)28(35)21-8-10-22(11-9-21)31-38(36)25-7-3-5-20-6-4-12-30-27(20)25/h3-12,17-19,31H,2,13-16H2,1H3. The van der Waals surface area contributed by atoms with Gasteiger partial charge in [0.15, 0.2) is 16.7 Å². The molecule has 1 saturated heterocycles. The van der Waals surface area contributed by atoms with Crippen molar-refractivity contribution in [2.24, 2.45) is 0 Å². The van der Waals surface area contributed by atoms with Gasteiger partial charge in [-0.2, -0.15) is 0 Å². The molecule has 4 aromatic rings. The van der Waals surface area contributed by atoms with Crippen LogP contribution in [0.3, 0.4) is 0 Å². The first-order valence-corrected chi connectivity index (χ1v) is 13.5. The summed E-state index contributed by atoms with van der Waals surface area (Å²) in [7, 11) is -1.50. The number of benzene rings is 2. The molecule has 38 heavy (non-hydrogen) atoms. The molecule has 0 bridgehead atoms. The molecule has 1 aliphatic rings. The van der Waals surface area contributed by atoms with Gasteiger partial charge < -0.3 is 19.3 Å². The Morgan fingerprint density at radius 3 is 2.53 bits per heavy atom. The first kappa shape index (κ1) is 25.3. The minimum Gasteiger partial charge on any atom is -0.425 e. The van der Waals surface area contributed by atoms with E-state index < -0.39 is 11.0 Å². The average molecular weight is 530 g/mol. The Balaban J connectivity index is 1.19. The van der Waals surface area contributed by atoms with E-state index in [0.29, 0.717) is 60.0 Å². The predicted molar refractivity (Wildman–Crippen MR) is 146 cm³/mol. The Labute approximate surface area is 223 Å². The molecule has 9 nitrogen and oxygen atoms in total. The second kappa shape index (κ2) is 11.4. The number of amides is 1. The fourth-order valence-corrected chi connectivity index (χ4v) is 5.27. The highest BCUT2D eigenvalue weighted by Gasteiger charge is 2.23. The minimum atomic E-state index is -1.50. The zero-order chi connectivity index (χ0) is 26.5. The lowest BCUT2D eigenvalue weighted by molar-refractivity contribution is -0.134. The van der Waals surface area contributed by atoms with Crippen LogP contribution in [0.1, 0.15) is 23.7 Å². The Morgan fingerprint density at radius 1 is 1.00 bits per heavy atom. The van der Waals surface area contributed by atoms with Gasteiger partial charge in [0.2, 0.25) is 0 Å². The van der Waals surface area contributed by atoms with E-state index in [-0.39, 0.29) is 11.9 Å². The number of ether oxygens (including phenoxy) is 1. The summed E-state index contributed by atoms with van der Waals surface area (Å²) in [5, 5.41) is 0.921. The molecule has 5 rings (SSSR count). The summed E-state index contributed by atoms with van der Waals surface area (Å²) < 4.78 is 21.3. The highest BCUT2D eigenvalue weighted by molar-refractivity contribution is 7.86. The zero-order valence-electron chi connectivity index (χ0n) is 20.9. The number of hydrogen-bond acceptors (Lipinski definition) is 7. The number of piperazine rings is 1. The number of rotatable bonds is 7. The summed E-state index contributed by atoms with van der Waals surface area (Å²) in [6.07, 6.45) is 5.22. The number of hydrogen-bond donors (Lipinski definition) is 1. The van der Waals surface area contributed by atoms with Crippen LogP contribution >= 0.6 is 0 Å². The lowest BCUT2D eigenvalue weighted by Gasteiger charge is -2.36. The highest BCUT2D eigenvalue weighted by Crippen LogP contribution is 2.23. The van der Waals surface area contributed by atoms with E-state index in [0.717, 1.165) is 11.1 Å². The number of fused-ring (bicyclic) bond motifs is 1. The smallest absolute Gasteiger partial charge is 0.310 e. The number of nitrogens with zero attached hydrogens (tertiary/aromatic N) is 4. The number of carbonyl (C=O) groups is 2. The van der Waals surface area contributed by atoms with Crippen LogP contribution in [0.2, 0.25) is 0 Å². The average Bonchev–Trinajstić information content (AvgIpc) is 2.97. The summed E-state index contributed by atoms with van der Waals surface area (Å²) in [4.78, 5) is 37.8. The maximum atomic E-state index is 13.1. The van der Waals surface area contributed by atoms with Gasteiger partial charge >= 0.3 is 5.97 Å². The van der Waals surface area contributed by atoms with Crippen molar-refractivity contribution in [1.82, 2.24) is 14.9 Å². The van der Waals surface area contributed by atoms with Gasteiger partial charge in [0, 0.05) is 61.5 Å². The third-order valence-electron chi connectivity index (χ3n) is 6.29. The van der Waals surface area contributed by atoms with E-state index in [1.165, 1.54) is 6.20 Å². The number of pyridine rings is 2. The molecule has 2 aromatic carbocycles. The maximum Gasteiger partial charge on any atom is 0.310 e. The van der Waals surface area contributed by atoms with Gasteiger partial charge in [0.05, 0.1) is 28.5 Å². The minimum absolute atomic E-state index is 0.0562. The van der Waals surface area contributed by atoms with E-state index in [4.69, 9.17) is 4.74 Å². The Hall–Kier alpha value is -4.31. The third-order valence-corrected chi connectivity index (χ3v) is 7.44. The number of carbonyl (C=O) groups excluding carboxylic acids is 2. The van der Waals surface area contributed by atoms with Gasteiger partial charge in [-0.15, -0.1) is 0 Å². The molecule has 1 amide bonds. The lowest BCUT2D eigenvalue weighted by atomic mass is 10.1. The second-order valence-electron chi connectivity index (χ2n) is 8.77. The quantitative estimate of drug-likeness (QED) is 0.360. The molecule has 1 unspecified atom stereocenters. The molecule has 10 heteroatoms. The first-order chi connectivity index (χ1) is 18.5. The van der Waals surface area contributed by atoms with Gasteiger partial charge in [-0.1, -0.05) is 25.1 Å². The normalized spacial score (nSPS) is 14.2. The fraction of sp³-hybridized carbons (Fsp3) is 0.214. The lowest BCUT2D eigenvalue weighted by Crippen LogP contribution is -2.48. The van der Waals surface area contributed by atoms with Crippen LogP contribution < -0.4 is 14.4 Å². The number of aromatic nitrogens is 2. The summed E-state index contributed by atoms with van der Waals surface area (Å²) in [6, 6.07) is 18.2. The van der Waals surface area contributed by atoms with E-state index >= 15 is 0 Å². The Kier molecular flexibility index (Phi) is 7.60. The van der Waals surface area contributed by atoms with Gasteiger partial charge in [0.25, 0.3) is 5.91 Å². The number of nitrogens with one attached hydrogen (secondary N) is 1. The summed E-state index contributed by atoms with van der Waals surface area (Å²) in [6.45, 7) is 4.11. The van der Waals surface area contributed by atoms with Gasteiger partial charge in [0.1, 0.15) is 0 Å². The second-order valence-corrected chi connectivity index (χ2v) is 9.95. The molecule has 1 fully saturated rings. The number of para-hydroxylation sites is 1. The van der Waals surface area contributed by atoms with E-state index in [1.807, 2.05) is 29.2 Å². The molecule has 0 spiro atoms. The maximum absolute atomic E-state index is 13.1. The molecule has 0 aliphatic carbocycles. The molecule has 1 N–H and O–H groups in total. The Bertz CT molecular complexity index is 1480. The van der Waals surface area contributed by atoms with Crippen LogP contribution in [0.25, 0.3) is 10.9 Å². The van der Waals surface area contributed by atoms with Crippen molar-refractivity contribution in [2.75, 3.05) is 35.8 Å². The van der Waals surface area contributed by atoms with E-state index in [1.54, 1.807) is 55.7 Å². The molecule has 1 atom stereocenters. The van der Waals surface area contributed by atoms with Crippen molar-refractivity contribution in [1.29, 1.82) is 0 Å². The molecule has 1 aliphatic heterocycles. The fourth-order valence-electron chi connectivity index (χ4n) is 4.26. The van der Waals surface area contributed by atoms with Crippen molar-refractivity contribution in [3.05, 3.63) is 84.8 Å². The van der Waals surface area contributed by atoms with Crippen LogP contribution in [0, 0.1) is 0 Å². The van der Waals surface area contributed by atoms with Crippen LogP contribution in [0.15, 0.2) is 84.1 Å². The van der Waals surface area contributed by atoms with Crippen LogP contribution in [-0.4, -0.2) is 57.1 Å². The van der Waals surface area contributed by atoms with Crippen LogP contribution in [-0.2, 0) is 15.8 Å². The van der Waals surface area contributed by atoms with Gasteiger partial charge in [-0.25, -0.2) is 4.21 Å². The molecular formula is C28H27N5O4S. The Morgan fingerprint density at radius 2 is 1.76 bits per heavy atom. The highest BCUT2D eigenvalue weighted by atomic mass is 32.2. The first-order valence-electron chi connectivity index (χ1n) is 12.3. The number of esters is 1. The van der Waals surface area contributed by atoms with Gasteiger partial charge in [-0.3, -0.25) is 19.6 Å². The van der Waals surface area contributed by atoms with Crippen molar-refractivity contribution >= 4 is 45.1 Å². The summed E-state index contributed by atoms with van der Waals surface area (Å²) >= 11 is 0. The molecule has 194 valence electrons. The predicted octanol–water partition coefficient (Wildman–Crippen LogP) is 4.04. The van der Waals surface area contributed by atoms with Crippen molar-refractivity contribution in [3.63, 3.8) is 0 Å². The summed E-state index contributed by atoms with van der Waals surface area (Å²) in [5.41, 5.74) is 2.75. The largest absolute Gasteiger partial charge is 0.425 e. The van der Waals surface area contributed by atoms with Crippen molar-refractivity contribution in [2.45, 2.75) is 18.2 Å². The molecule has 2 aromatic heterocycles. The molecule has 0 saturated carbocycles. The monoisotopic (exact) mass is 529 g/mol. The SMILES string of the molecule is CCC(=O)Oc1cncc(N2CCN(C(=O)c3ccc(NS(=O)c4cccc5cccnc45)cc3)CC2)c1. The summed E-state index contributed by atoms with van der Waals surface area (Å²) in [5.74, 6) is 0.0518. The topological polar surface area (TPSA) is 105 Å². The van der Waals surface area contributed by atoms with Crippen LogP contribution in [0.4, 0.5) is 11.4 Å². The molecule has 3 heterocycles. The van der Waals surface area contributed by atoms with Gasteiger partial charge in [-0.05, 0) is 36.4 Å².